The fraction of sp³-hybridized carbons (Fsp3) is 0.214. The summed E-state index contributed by atoms with van der Waals surface area (Å²) in [6, 6.07) is 21.5. The third-order valence-electron chi connectivity index (χ3n) is 6.60. The molecule has 0 bridgehead atoms. The van der Waals surface area contributed by atoms with Gasteiger partial charge in [0.1, 0.15) is 23.0 Å². The predicted octanol–water partition coefficient (Wildman–Crippen LogP) is 5.79. The number of aromatic amines is 1. The molecular weight excluding hydrogens is 454 g/mol. The van der Waals surface area contributed by atoms with Crippen LogP contribution in [0.15, 0.2) is 75.1 Å². The van der Waals surface area contributed by atoms with Crippen LogP contribution in [-0.2, 0) is 0 Å². The van der Waals surface area contributed by atoms with Gasteiger partial charge < -0.3 is 20.0 Å². The van der Waals surface area contributed by atoms with Gasteiger partial charge in [0.15, 0.2) is 0 Å². The Hall–Kier alpha value is -3.84. The van der Waals surface area contributed by atoms with Crippen LogP contribution in [0.5, 0.6) is 0 Å². The van der Waals surface area contributed by atoms with Crippen molar-refractivity contribution in [3.8, 4) is 21.2 Å². The van der Waals surface area contributed by atoms with Crippen LogP contribution in [0.4, 0.5) is 0 Å². The molecule has 3 N–H and O–H groups in total. The van der Waals surface area contributed by atoms with Crippen molar-refractivity contribution < 1.29 is 4.42 Å². The predicted molar refractivity (Wildman–Crippen MR) is 145 cm³/mol. The second-order valence-electron chi connectivity index (χ2n) is 9.03. The molecule has 7 heteroatoms. The molecule has 35 heavy (non-hydrogen) atoms. The molecule has 174 valence electrons. The van der Waals surface area contributed by atoms with Gasteiger partial charge in [-0.15, -0.1) is 11.3 Å². The highest BCUT2D eigenvalue weighted by atomic mass is 32.1. The van der Waals surface area contributed by atoms with Crippen molar-refractivity contribution >= 4 is 44.9 Å². The molecule has 0 saturated heterocycles. The SMILES string of the molecule is c1cc2cc(-c3ccc(-c4cc5ccc(C6=NCCCN6)cc5o4)s3)[nH]c2cc1C1=NCCCN1. The molecule has 2 aromatic carbocycles. The zero-order chi connectivity index (χ0) is 23.2. The summed E-state index contributed by atoms with van der Waals surface area (Å²) >= 11 is 1.74. The number of aliphatic imine (C=N–C) groups is 2. The van der Waals surface area contributed by atoms with Crippen LogP contribution in [0.2, 0.25) is 0 Å². The summed E-state index contributed by atoms with van der Waals surface area (Å²) in [5, 5.41) is 9.10. The van der Waals surface area contributed by atoms with E-state index in [1.165, 1.54) is 10.3 Å². The zero-order valence-corrected chi connectivity index (χ0v) is 20.0. The Labute approximate surface area is 206 Å². The number of amidine groups is 2. The topological polar surface area (TPSA) is 77.7 Å². The van der Waals surface area contributed by atoms with E-state index in [0.29, 0.717) is 0 Å². The van der Waals surface area contributed by atoms with Crippen LogP contribution in [0, 0.1) is 0 Å². The summed E-state index contributed by atoms with van der Waals surface area (Å²) in [7, 11) is 0. The summed E-state index contributed by atoms with van der Waals surface area (Å²) < 4.78 is 6.27. The van der Waals surface area contributed by atoms with Gasteiger partial charge in [0.2, 0.25) is 0 Å². The maximum absolute atomic E-state index is 6.27. The molecular formula is C28H25N5OS. The minimum Gasteiger partial charge on any atom is -0.455 e. The van der Waals surface area contributed by atoms with Crippen LogP contribution in [0.1, 0.15) is 24.0 Å². The first-order valence-corrected chi connectivity index (χ1v) is 13.0. The molecule has 0 unspecified atom stereocenters. The number of hydrogen-bond acceptors (Lipinski definition) is 6. The van der Waals surface area contributed by atoms with Crippen molar-refractivity contribution in [1.82, 2.24) is 15.6 Å². The molecule has 0 aliphatic carbocycles. The van der Waals surface area contributed by atoms with Crippen molar-refractivity contribution in [2.24, 2.45) is 9.98 Å². The summed E-state index contributed by atoms with van der Waals surface area (Å²) in [6.45, 7) is 3.73. The molecule has 2 aliphatic heterocycles. The van der Waals surface area contributed by atoms with Crippen molar-refractivity contribution in [2.45, 2.75) is 12.8 Å². The summed E-state index contributed by atoms with van der Waals surface area (Å²) in [5.74, 6) is 2.85. The molecule has 0 fully saturated rings. The molecule has 0 atom stereocenters. The number of nitrogens with one attached hydrogen (secondary N) is 3. The van der Waals surface area contributed by atoms with Gasteiger partial charge in [-0.2, -0.15) is 0 Å². The lowest BCUT2D eigenvalue weighted by atomic mass is 10.1. The second kappa shape index (κ2) is 8.43. The first-order chi connectivity index (χ1) is 17.3. The number of H-pyrrole nitrogens is 1. The number of aromatic nitrogens is 1. The largest absolute Gasteiger partial charge is 0.455 e. The van der Waals surface area contributed by atoms with Crippen LogP contribution in [0.25, 0.3) is 43.1 Å². The lowest BCUT2D eigenvalue weighted by Crippen LogP contribution is -2.30. The lowest BCUT2D eigenvalue weighted by Gasteiger charge is -2.14. The standard InChI is InChI=1S/C28H25N5OS/c1-9-29-27(30-10-1)19-5-3-17-13-22(33-21(17)14-19)25-7-8-26(35-25)24-15-18-4-6-20(16-23(18)34-24)28-31-11-2-12-32-28/h3-8,13-16,33H,1-2,9-12H2,(H,29,30)(H,31,32). The van der Waals surface area contributed by atoms with E-state index in [9.17, 15) is 0 Å². The summed E-state index contributed by atoms with van der Waals surface area (Å²) in [4.78, 5) is 15.1. The van der Waals surface area contributed by atoms with Gasteiger partial charge >= 0.3 is 0 Å². The van der Waals surface area contributed by atoms with Crippen molar-refractivity contribution in [1.29, 1.82) is 0 Å². The summed E-state index contributed by atoms with van der Waals surface area (Å²) in [6.07, 6.45) is 2.18. The minimum atomic E-state index is 0.877. The number of furan rings is 1. The molecule has 2 aliphatic rings. The van der Waals surface area contributed by atoms with Gasteiger partial charge in [-0.25, -0.2) is 0 Å². The van der Waals surface area contributed by atoms with E-state index in [2.05, 4.69) is 86.3 Å². The highest BCUT2D eigenvalue weighted by molar-refractivity contribution is 7.18. The Bertz CT molecular complexity index is 1500. The van der Waals surface area contributed by atoms with Crippen LogP contribution >= 0.6 is 11.3 Å². The highest BCUT2D eigenvalue weighted by Gasteiger charge is 2.15. The number of thiophene rings is 1. The van der Waals surface area contributed by atoms with Gasteiger partial charge in [0.05, 0.1) is 15.4 Å². The molecule has 6 nitrogen and oxygen atoms in total. The molecule has 3 aromatic heterocycles. The molecule has 0 spiro atoms. The van der Waals surface area contributed by atoms with E-state index < -0.39 is 0 Å². The van der Waals surface area contributed by atoms with E-state index in [1.807, 2.05) is 0 Å². The van der Waals surface area contributed by atoms with Crippen molar-refractivity contribution in [3.63, 3.8) is 0 Å². The van der Waals surface area contributed by atoms with E-state index in [-0.39, 0.29) is 0 Å². The maximum atomic E-state index is 6.27. The first kappa shape index (κ1) is 20.5. The number of fused-ring (bicyclic) bond motifs is 2. The third kappa shape index (κ3) is 3.82. The average Bonchev–Trinajstić information content (AvgIpc) is 3.66. The minimum absolute atomic E-state index is 0.877. The van der Waals surface area contributed by atoms with Gasteiger partial charge in [-0.3, -0.25) is 9.98 Å². The lowest BCUT2D eigenvalue weighted by molar-refractivity contribution is 0.633. The van der Waals surface area contributed by atoms with Gasteiger partial charge in [0, 0.05) is 53.6 Å². The Morgan fingerprint density at radius 3 is 2.17 bits per heavy atom. The zero-order valence-electron chi connectivity index (χ0n) is 19.2. The molecule has 0 radical (unpaired) electrons. The summed E-state index contributed by atoms with van der Waals surface area (Å²) in [5.41, 5.74) is 5.34. The van der Waals surface area contributed by atoms with Crippen LogP contribution in [0.3, 0.4) is 0 Å². The number of rotatable bonds is 4. The van der Waals surface area contributed by atoms with E-state index in [0.717, 1.165) is 94.6 Å². The smallest absolute Gasteiger partial charge is 0.145 e. The molecule has 0 amide bonds. The highest BCUT2D eigenvalue weighted by Crippen LogP contribution is 2.38. The Morgan fingerprint density at radius 2 is 1.43 bits per heavy atom. The fourth-order valence-corrected chi connectivity index (χ4v) is 5.70. The fourth-order valence-electron chi connectivity index (χ4n) is 4.77. The number of benzene rings is 2. The maximum Gasteiger partial charge on any atom is 0.145 e. The first-order valence-electron chi connectivity index (χ1n) is 12.1. The van der Waals surface area contributed by atoms with E-state index in [1.54, 1.807) is 11.3 Å². The Morgan fingerprint density at radius 1 is 0.714 bits per heavy atom. The normalized spacial score (nSPS) is 16.1. The van der Waals surface area contributed by atoms with Crippen LogP contribution < -0.4 is 10.6 Å². The van der Waals surface area contributed by atoms with E-state index >= 15 is 0 Å². The Kier molecular flexibility index (Phi) is 4.94. The monoisotopic (exact) mass is 479 g/mol. The quantitative estimate of drug-likeness (QED) is 0.305. The third-order valence-corrected chi connectivity index (χ3v) is 7.73. The molecule has 5 aromatic rings. The Balaban J connectivity index is 1.18. The van der Waals surface area contributed by atoms with Crippen molar-refractivity contribution in [3.05, 3.63) is 71.8 Å². The number of hydrogen-bond donors (Lipinski definition) is 3. The van der Waals surface area contributed by atoms with Gasteiger partial charge in [-0.1, -0.05) is 24.3 Å². The molecule has 5 heterocycles. The number of nitrogens with zero attached hydrogens (tertiary/aromatic N) is 2. The molecule has 7 rings (SSSR count). The second-order valence-corrected chi connectivity index (χ2v) is 10.1. The molecule has 0 saturated carbocycles. The van der Waals surface area contributed by atoms with E-state index in [4.69, 9.17) is 4.42 Å². The van der Waals surface area contributed by atoms with Gasteiger partial charge in [0.25, 0.3) is 0 Å². The van der Waals surface area contributed by atoms with Crippen molar-refractivity contribution in [2.75, 3.05) is 26.2 Å². The van der Waals surface area contributed by atoms with Gasteiger partial charge in [-0.05, 0) is 49.2 Å². The average molecular weight is 480 g/mol. The van der Waals surface area contributed by atoms with Crippen LogP contribution in [-0.4, -0.2) is 42.8 Å².